The average Bonchev–Trinajstić information content (AvgIpc) is 2.53. The number of carbonyl (C=O) groups excluding carboxylic acids is 1. The average molecular weight is 373 g/mol. The number of esters is 1. The lowest BCUT2D eigenvalue weighted by Crippen LogP contribution is -2.55. The topological polar surface area (TPSA) is 29.5 Å². The molecule has 1 aliphatic heterocycles. The number of nitrogens with zero attached hydrogens (tertiary/aromatic N) is 1. The van der Waals surface area contributed by atoms with Crippen molar-refractivity contribution in [3.63, 3.8) is 0 Å². The van der Waals surface area contributed by atoms with Crippen molar-refractivity contribution in [3.05, 3.63) is 34.9 Å². The van der Waals surface area contributed by atoms with Crippen LogP contribution in [0, 0.1) is 0 Å². The van der Waals surface area contributed by atoms with E-state index in [0.29, 0.717) is 30.5 Å². The molecular formula is C18H22F3NO2S. The third-order valence-electron chi connectivity index (χ3n) is 4.47. The molecule has 0 N–H and O–H groups in total. The number of hydrogen-bond donors (Lipinski definition) is 0. The molecule has 0 saturated carbocycles. The second-order valence-electron chi connectivity index (χ2n) is 6.15. The molecule has 138 valence electrons. The van der Waals surface area contributed by atoms with Crippen molar-refractivity contribution in [2.45, 2.75) is 51.2 Å². The maximum Gasteiger partial charge on any atom is 0.416 e. The molecule has 0 aliphatic carbocycles. The smallest absolute Gasteiger partial charge is 0.416 e. The Balaban J connectivity index is 2.24. The van der Waals surface area contributed by atoms with Gasteiger partial charge in [-0.25, -0.2) is 4.79 Å². The van der Waals surface area contributed by atoms with E-state index in [2.05, 4.69) is 0 Å². The van der Waals surface area contributed by atoms with Crippen molar-refractivity contribution >= 4 is 23.2 Å². The number of hydrogen-bond acceptors (Lipinski definition) is 3. The first-order valence-corrected chi connectivity index (χ1v) is 8.79. The van der Waals surface area contributed by atoms with Crippen LogP contribution in [0.3, 0.4) is 0 Å². The molecule has 0 radical (unpaired) electrons. The van der Waals surface area contributed by atoms with Crippen LogP contribution in [0.2, 0.25) is 0 Å². The molecule has 0 spiro atoms. The summed E-state index contributed by atoms with van der Waals surface area (Å²) in [7, 11) is 1.29. The lowest BCUT2D eigenvalue weighted by atomic mass is 9.96. The Kier molecular flexibility index (Phi) is 6.43. The van der Waals surface area contributed by atoms with E-state index in [1.165, 1.54) is 13.2 Å². The zero-order valence-electron chi connectivity index (χ0n) is 14.4. The Hall–Kier alpha value is -1.63. The Morgan fingerprint density at radius 1 is 1.36 bits per heavy atom. The first-order chi connectivity index (χ1) is 11.8. The highest BCUT2D eigenvalue weighted by Gasteiger charge is 2.38. The molecule has 1 saturated heterocycles. The van der Waals surface area contributed by atoms with Gasteiger partial charge in [-0.15, -0.1) is 0 Å². The summed E-state index contributed by atoms with van der Waals surface area (Å²) in [6.45, 7) is 2.55. The molecule has 1 heterocycles. The first-order valence-electron chi connectivity index (χ1n) is 8.38. The normalized spacial score (nSPS) is 17.2. The molecule has 1 aromatic rings. The number of alkyl halides is 3. The molecule has 0 aromatic heterocycles. The minimum atomic E-state index is -4.43. The SMILES string of the molecule is CCCCCc1ccc(C(=S)N2CCC2C(=O)OC)cc1C(F)(F)F. The van der Waals surface area contributed by atoms with Gasteiger partial charge in [0, 0.05) is 12.1 Å². The summed E-state index contributed by atoms with van der Waals surface area (Å²) in [5.74, 6) is -0.416. The minimum absolute atomic E-state index is 0.257. The quantitative estimate of drug-likeness (QED) is 0.421. The van der Waals surface area contributed by atoms with E-state index in [-0.39, 0.29) is 4.99 Å². The summed E-state index contributed by atoms with van der Waals surface area (Å²) in [5, 5.41) is 0. The zero-order valence-corrected chi connectivity index (χ0v) is 15.2. The second kappa shape index (κ2) is 8.17. The highest BCUT2D eigenvalue weighted by molar-refractivity contribution is 7.80. The predicted octanol–water partition coefficient (Wildman–Crippen LogP) is 4.36. The number of ether oxygens (including phenoxy) is 1. The predicted molar refractivity (Wildman–Crippen MR) is 93.5 cm³/mol. The van der Waals surface area contributed by atoms with Gasteiger partial charge in [-0.2, -0.15) is 13.2 Å². The maximum absolute atomic E-state index is 13.4. The van der Waals surface area contributed by atoms with Crippen molar-refractivity contribution in [2.75, 3.05) is 13.7 Å². The number of unbranched alkanes of at least 4 members (excludes halogenated alkanes) is 2. The van der Waals surface area contributed by atoms with Crippen molar-refractivity contribution in [2.24, 2.45) is 0 Å². The summed E-state index contributed by atoms with van der Waals surface area (Å²) in [6, 6.07) is 3.73. The molecule has 7 heteroatoms. The van der Waals surface area contributed by atoms with E-state index in [1.54, 1.807) is 11.0 Å². The van der Waals surface area contributed by atoms with Gasteiger partial charge in [-0.3, -0.25) is 0 Å². The second-order valence-corrected chi connectivity index (χ2v) is 6.54. The van der Waals surface area contributed by atoms with Crippen LogP contribution in [-0.2, 0) is 22.1 Å². The van der Waals surface area contributed by atoms with Crippen LogP contribution in [0.5, 0.6) is 0 Å². The fourth-order valence-electron chi connectivity index (χ4n) is 2.93. The van der Waals surface area contributed by atoms with Gasteiger partial charge in [0.1, 0.15) is 11.0 Å². The minimum Gasteiger partial charge on any atom is -0.467 e. The van der Waals surface area contributed by atoms with Gasteiger partial charge in [0.2, 0.25) is 0 Å². The van der Waals surface area contributed by atoms with Gasteiger partial charge >= 0.3 is 12.1 Å². The van der Waals surface area contributed by atoms with Gasteiger partial charge < -0.3 is 9.64 Å². The first kappa shape index (κ1) is 19.7. The number of carbonyl (C=O) groups is 1. The van der Waals surface area contributed by atoms with Gasteiger partial charge in [-0.1, -0.05) is 44.1 Å². The lowest BCUT2D eigenvalue weighted by Gasteiger charge is -2.40. The van der Waals surface area contributed by atoms with Crippen molar-refractivity contribution in [3.8, 4) is 0 Å². The van der Waals surface area contributed by atoms with Crippen LogP contribution >= 0.6 is 12.2 Å². The molecule has 0 bridgehead atoms. The molecule has 1 aliphatic rings. The fraction of sp³-hybridized carbons (Fsp3) is 0.556. The molecule has 0 amide bonds. The van der Waals surface area contributed by atoms with Crippen molar-refractivity contribution < 1.29 is 22.7 Å². The lowest BCUT2D eigenvalue weighted by molar-refractivity contribution is -0.148. The van der Waals surface area contributed by atoms with E-state index in [9.17, 15) is 18.0 Å². The van der Waals surface area contributed by atoms with E-state index in [1.807, 2.05) is 6.92 Å². The highest BCUT2D eigenvalue weighted by Crippen LogP contribution is 2.34. The van der Waals surface area contributed by atoms with Crippen LogP contribution in [0.25, 0.3) is 0 Å². The number of benzene rings is 1. The van der Waals surface area contributed by atoms with Gasteiger partial charge in [0.05, 0.1) is 12.7 Å². The third-order valence-corrected chi connectivity index (χ3v) is 4.94. The Morgan fingerprint density at radius 3 is 2.60 bits per heavy atom. The van der Waals surface area contributed by atoms with Crippen LogP contribution in [0.1, 0.15) is 49.3 Å². The van der Waals surface area contributed by atoms with Crippen molar-refractivity contribution in [1.29, 1.82) is 0 Å². The molecular weight excluding hydrogens is 351 g/mol. The molecule has 1 fully saturated rings. The van der Waals surface area contributed by atoms with Gasteiger partial charge in [0.15, 0.2) is 0 Å². The monoisotopic (exact) mass is 373 g/mol. The van der Waals surface area contributed by atoms with Crippen LogP contribution in [0.15, 0.2) is 18.2 Å². The number of rotatable bonds is 6. The fourth-order valence-corrected chi connectivity index (χ4v) is 3.28. The van der Waals surface area contributed by atoms with Crippen LogP contribution in [0.4, 0.5) is 13.2 Å². The van der Waals surface area contributed by atoms with E-state index < -0.39 is 23.8 Å². The van der Waals surface area contributed by atoms with Crippen LogP contribution < -0.4 is 0 Å². The highest BCUT2D eigenvalue weighted by atomic mass is 32.1. The number of halogens is 3. The van der Waals surface area contributed by atoms with Crippen molar-refractivity contribution in [1.82, 2.24) is 4.90 Å². The van der Waals surface area contributed by atoms with E-state index in [4.69, 9.17) is 17.0 Å². The Labute approximate surface area is 151 Å². The molecule has 2 rings (SSSR count). The van der Waals surface area contributed by atoms with E-state index in [0.717, 1.165) is 25.3 Å². The molecule has 1 aromatic carbocycles. The van der Waals surface area contributed by atoms with Crippen LogP contribution in [-0.4, -0.2) is 35.6 Å². The number of aryl methyl sites for hydroxylation is 1. The Morgan fingerprint density at radius 2 is 2.08 bits per heavy atom. The zero-order chi connectivity index (χ0) is 18.6. The molecule has 1 unspecified atom stereocenters. The Bertz CT molecular complexity index is 646. The van der Waals surface area contributed by atoms with E-state index >= 15 is 0 Å². The molecule has 3 nitrogen and oxygen atoms in total. The van der Waals surface area contributed by atoms with Gasteiger partial charge in [-0.05, 0) is 30.9 Å². The van der Waals surface area contributed by atoms with Gasteiger partial charge in [0.25, 0.3) is 0 Å². The summed E-state index contributed by atoms with van der Waals surface area (Å²) in [6.07, 6.45) is -0.874. The molecule has 1 atom stereocenters. The standard InChI is InChI=1S/C18H22F3NO2S/c1-3-4-5-6-12-7-8-13(11-14(12)18(19,20)21)16(25)22-10-9-15(22)17(23)24-2/h7-8,11,15H,3-6,9-10H2,1-2H3. The summed E-state index contributed by atoms with van der Waals surface area (Å²) < 4.78 is 45.0. The number of likely N-dealkylation sites (tertiary alicyclic amines) is 1. The molecule has 25 heavy (non-hydrogen) atoms. The largest absolute Gasteiger partial charge is 0.467 e. The number of thiocarbonyl (C=S) groups is 1. The summed E-state index contributed by atoms with van der Waals surface area (Å²) in [4.78, 5) is 13.5. The third kappa shape index (κ3) is 4.51. The summed E-state index contributed by atoms with van der Waals surface area (Å²) >= 11 is 5.32. The number of methoxy groups -OCH3 is 1. The summed E-state index contributed by atoms with van der Waals surface area (Å²) in [5.41, 5.74) is -0.0330. The maximum atomic E-state index is 13.4.